The van der Waals surface area contributed by atoms with E-state index < -0.39 is 5.97 Å². The summed E-state index contributed by atoms with van der Waals surface area (Å²) in [6, 6.07) is 7.82. The highest BCUT2D eigenvalue weighted by atomic mass is 16.4. The Balaban J connectivity index is 2.09. The van der Waals surface area contributed by atoms with E-state index in [-0.39, 0.29) is 6.42 Å². The predicted octanol–water partition coefficient (Wildman–Crippen LogP) is 2.76. The highest BCUT2D eigenvalue weighted by molar-refractivity contribution is 5.93. The molecule has 0 aliphatic rings. The number of carboxylic acid groups (broad SMARTS) is 1. The monoisotopic (exact) mass is 256 g/mol. The summed E-state index contributed by atoms with van der Waals surface area (Å²) in [6.45, 7) is 1.75. The zero-order valence-electron chi connectivity index (χ0n) is 10.3. The van der Waals surface area contributed by atoms with Gasteiger partial charge in [0.25, 0.3) is 0 Å². The number of oxazole rings is 1. The molecular weight excluding hydrogens is 244 g/mol. The van der Waals surface area contributed by atoms with Gasteiger partial charge < -0.3 is 14.5 Å². The van der Waals surface area contributed by atoms with Gasteiger partial charge in [-0.25, -0.2) is 4.98 Å². The third-order valence-corrected chi connectivity index (χ3v) is 3.02. The Hall–Kier alpha value is -2.56. The fourth-order valence-electron chi connectivity index (χ4n) is 2.09. The zero-order chi connectivity index (χ0) is 13.4. The molecule has 0 saturated heterocycles. The first-order chi connectivity index (χ1) is 9.15. The van der Waals surface area contributed by atoms with Gasteiger partial charge in [-0.1, -0.05) is 18.2 Å². The number of fused-ring (bicyclic) bond motifs is 1. The van der Waals surface area contributed by atoms with Crippen molar-refractivity contribution >= 4 is 16.9 Å². The summed E-state index contributed by atoms with van der Waals surface area (Å²) >= 11 is 0. The molecule has 0 amide bonds. The van der Waals surface area contributed by atoms with Gasteiger partial charge in [0.2, 0.25) is 5.89 Å². The molecule has 0 aliphatic carbocycles. The van der Waals surface area contributed by atoms with Gasteiger partial charge >= 0.3 is 5.97 Å². The van der Waals surface area contributed by atoms with E-state index >= 15 is 0 Å². The lowest BCUT2D eigenvalue weighted by molar-refractivity contribution is -0.136. The lowest BCUT2D eigenvalue weighted by Crippen LogP contribution is -1.99. The summed E-state index contributed by atoms with van der Waals surface area (Å²) in [4.78, 5) is 18.2. The molecule has 0 radical (unpaired) electrons. The van der Waals surface area contributed by atoms with Gasteiger partial charge in [0.1, 0.15) is 12.2 Å². The van der Waals surface area contributed by atoms with Crippen LogP contribution in [0.3, 0.4) is 0 Å². The van der Waals surface area contributed by atoms with Crippen molar-refractivity contribution in [2.24, 2.45) is 0 Å². The van der Waals surface area contributed by atoms with Crippen LogP contribution < -0.4 is 0 Å². The maximum Gasteiger partial charge on any atom is 0.311 e. The second kappa shape index (κ2) is 4.28. The van der Waals surface area contributed by atoms with E-state index in [4.69, 9.17) is 9.52 Å². The smallest absolute Gasteiger partial charge is 0.311 e. The van der Waals surface area contributed by atoms with Gasteiger partial charge in [-0.15, -0.1) is 0 Å². The highest BCUT2D eigenvalue weighted by Gasteiger charge is 2.16. The van der Waals surface area contributed by atoms with Gasteiger partial charge in [-0.2, -0.15) is 0 Å². The maximum atomic E-state index is 10.7. The molecule has 2 heterocycles. The molecule has 2 aromatic heterocycles. The molecule has 3 rings (SSSR count). The van der Waals surface area contributed by atoms with Gasteiger partial charge in [0, 0.05) is 17.1 Å². The van der Waals surface area contributed by atoms with Crippen molar-refractivity contribution in [3.05, 3.63) is 41.9 Å². The van der Waals surface area contributed by atoms with Crippen molar-refractivity contribution in [3.63, 3.8) is 0 Å². The van der Waals surface area contributed by atoms with Gasteiger partial charge in [-0.3, -0.25) is 4.79 Å². The van der Waals surface area contributed by atoms with Crippen LogP contribution >= 0.6 is 0 Å². The Kier molecular flexibility index (Phi) is 2.59. The molecule has 96 valence electrons. The summed E-state index contributed by atoms with van der Waals surface area (Å²) in [5.74, 6) is -0.0799. The second-order valence-electron chi connectivity index (χ2n) is 4.35. The van der Waals surface area contributed by atoms with E-state index in [0.29, 0.717) is 17.3 Å². The number of nitrogens with one attached hydrogen (secondary N) is 1. The van der Waals surface area contributed by atoms with E-state index in [2.05, 4.69) is 9.97 Å². The average molecular weight is 256 g/mol. The number of benzene rings is 1. The van der Waals surface area contributed by atoms with Crippen LogP contribution in [0.1, 0.15) is 11.5 Å². The van der Waals surface area contributed by atoms with Crippen LogP contribution in [-0.2, 0) is 11.2 Å². The number of hydrogen-bond donors (Lipinski definition) is 2. The van der Waals surface area contributed by atoms with Gasteiger partial charge in [-0.05, 0) is 13.0 Å². The molecule has 2 N–H and O–H groups in total. The van der Waals surface area contributed by atoms with Crippen molar-refractivity contribution < 1.29 is 14.3 Å². The summed E-state index contributed by atoms with van der Waals surface area (Å²) in [6.07, 6.45) is 1.67. The zero-order valence-corrected chi connectivity index (χ0v) is 10.3. The fourth-order valence-corrected chi connectivity index (χ4v) is 2.09. The number of aryl methyl sites for hydroxylation is 1. The SMILES string of the molecule is Cc1nc(-c2c[nH]c3ccccc23)oc1CC(=O)O. The van der Waals surface area contributed by atoms with Crippen LogP contribution in [-0.4, -0.2) is 21.0 Å². The third-order valence-electron chi connectivity index (χ3n) is 3.02. The quantitative estimate of drug-likeness (QED) is 0.755. The third kappa shape index (κ3) is 1.99. The molecule has 0 spiro atoms. The molecule has 5 nitrogen and oxygen atoms in total. The second-order valence-corrected chi connectivity index (χ2v) is 4.35. The summed E-state index contributed by atoms with van der Waals surface area (Å²) in [5, 5.41) is 9.81. The molecule has 0 saturated carbocycles. The maximum absolute atomic E-state index is 10.7. The molecule has 0 atom stereocenters. The fraction of sp³-hybridized carbons (Fsp3) is 0.143. The Morgan fingerprint density at radius 3 is 3.00 bits per heavy atom. The lowest BCUT2D eigenvalue weighted by Gasteiger charge is -1.93. The number of para-hydroxylation sites is 1. The van der Waals surface area contributed by atoms with E-state index in [1.165, 1.54) is 0 Å². The number of aromatic nitrogens is 2. The van der Waals surface area contributed by atoms with Crippen LogP contribution in [0.25, 0.3) is 22.4 Å². The molecule has 0 bridgehead atoms. The Bertz CT molecular complexity index is 755. The minimum Gasteiger partial charge on any atom is -0.481 e. The topological polar surface area (TPSA) is 79.1 Å². The largest absolute Gasteiger partial charge is 0.481 e. The Morgan fingerprint density at radius 2 is 2.21 bits per heavy atom. The lowest BCUT2D eigenvalue weighted by atomic mass is 10.2. The van der Waals surface area contributed by atoms with E-state index in [0.717, 1.165) is 16.5 Å². The number of rotatable bonds is 3. The number of nitrogens with zero attached hydrogens (tertiary/aromatic N) is 1. The summed E-state index contributed by atoms with van der Waals surface area (Å²) < 4.78 is 5.57. The van der Waals surface area contributed by atoms with E-state index in [1.54, 1.807) is 6.92 Å². The standard InChI is InChI=1S/C14H12N2O3/c1-8-12(6-13(17)18)19-14(16-8)10-7-15-11-5-3-2-4-9(10)11/h2-5,7,15H,6H2,1H3,(H,17,18). The molecule has 3 aromatic rings. The predicted molar refractivity (Wildman–Crippen MR) is 69.9 cm³/mol. The van der Waals surface area contributed by atoms with E-state index in [1.807, 2.05) is 30.5 Å². The summed E-state index contributed by atoms with van der Waals surface area (Å²) in [7, 11) is 0. The highest BCUT2D eigenvalue weighted by Crippen LogP contribution is 2.29. The molecule has 5 heteroatoms. The van der Waals surface area contributed by atoms with E-state index in [9.17, 15) is 4.79 Å². The van der Waals surface area contributed by atoms with Gasteiger partial charge in [0.15, 0.2) is 0 Å². The number of aromatic amines is 1. The Morgan fingerprint density at radius 1 is 1.42 bits per heavy atom. The molecule has 1 aromatic carbocycles. The molecule has 0 aliphatic heterocycles. The molecule has 0 unspecified atom stereocenters. The molecule has 19 heavy (non-hydrogen) atoms. The number of carbonyl (C=O) groups is 1. The van der Waals surface area contributed by atoms with Crippen LogP contribution in [0.4, 0.5) is 0 Å². The molecular formula is C14H12N2O3. The Labute approximate surface area is 108 Å². The first-order valence-corrected chi connectivity index (χ1v) is 5.90. The molecule has 0 fully saturated rings. The van der Waals surface area contributed by atoms with Crippen molar-refractivity contribution in [3.8, 4) is 11.5 Å². The number of hydrogen-bond acceptors (Lipinski definition) is 3. The average Bonchev–Trinajstić information content (AvgIpc) is 2.93. The van der Waals surface area contributed by atoms with Gasteiger partial charge in [0.05, 0.1) is 11.3 Å². The number of aliphatic carboxylic acids is 1. The normalized spacial score (nSPS) is 11.0. The number of H-pyrrole nitrogens is 1. The van der Waals surface area contributed by atoms with Crippen LogP contribution in [0.5, 0.6) is 0 Å². The van der Waals surface area contributed by atoms with Crippen LogP contribution in [0.2, 0.25) is 0 Å². The first kappa shape index (κ1) is 11.5. The van der Waals surface area contributed by atoms with Crippen LogP contribution in [0.15, 0.2) is 34.9 Å². The van der Waals surface area contributed by atoms with Crippen molar-refractivity contribution in [1.82, 2.24) is 9.97 Å². The summed E-state index contributed by atoms with van der Waals surface area (Å²) in [5.41, 5.74) is 2.45. The van der Waals surface area contributed by atoms with Crippen molar-refractivity contribution in [1.29, 1.82) is 0 Å². The first-order valence-electron chi connectivity index (χ1n) is 5.90. The number of carboxylic acids is 1. The minimum absolute atomic E-state index is 0.152. The van der Waals surface area contributed by atoms with Crippen LogP contribution in [0, 0.1) is 6.92 Å². The van der Waals surface area contributed by atoms with Crippen molar-refractivity contribution in [2.45, 2.75) is 13.3 Å². The minimum atomic E-state index is -0.926. The van der Waals surface area contributed by atoms with Crippen molar-refractivity contribution in [2.75, 3.05) is 0 Å².